The third-order valence-electron chi connectivity index (χ3n) is 7.52. The summed E-state index contributed by atoms with van der Waals surface area (Å²) in [5.41, 5.74) is 0. The number of nitrogens with one attached hydrogen (secondary N) is 1. The van der Waals surface area contributed by atoms with E-state index in [2.05, 4.69) is 5.32 Å². The fraction of sp³-hybridized carbons (Fsp3) is 0.815. The van der Waals surface area contributed by atoms with Crippen LogP contribution in [-0.2, 0) is 71.3 Å². The van der Waals surface area contributed by atoms with E-state index in [1.807, 2.05) is 0 Å². The van der Waals surface area contributed by atoms with Gasteiger partial charge in [0.1, 0.15) is 43.2 Å². The number of alkyl carbamates (subject to hydrolysis) is 1. The normalized spacial score (nSPS) is 36.3. The molecule has 0 unspecified atom stereocenters. The third-order valence-corrected chi connectivity index (χ3v) is 7.52. The van der Waals surface area contributed by atoms with E-state index >= 15 is 0 Å². The summed E-state index contributed by atoms with van der Waals surface area (Å²) in [5.74, 6) is -6.88. The predicted molar refractivity (Wildman–Crippen MR) is 141 cm³/mol. The molecule has 4 heterocycles. The molecule has 4 aliphatic heterocycles. The number of esters is 4. The second-order valence-electron chi connectivity index (χ2n) is 11.3. The lowest BCUT2D eigenvalue weighted by Gasteiger charge is -2.46. The van der Waals surface area contributed by atoms with Gasteiger partial charge in [-0.3, -0.25) is 14.4 Å². The molecule has 0 aromatic rings. The number of fused-ring (bicyclic) bond motifs is 2. The lowest BCUT2D eigenvalue weighted by Crippen LogP contribution is -2.67. The molecule has 254 valence electrons. The number of hydrogen-bond acceptors (Lipinski definition) is 17. The summed E-state index contributed by atoms with van der Waals surface area (Å²) in [5, 5.41) is 13.3. The largest absolute Gasteiger partial charge is 0.465 e. The van der Waals surface area contributed by atoms with Gasteiger partial charge < -0.3 is 62.5 Å². The van der Waals surface area contributed by atoms with Crippen molar-refractivity contribution < 1.29 is 81.2 Å². The maximum absolute atomic E-state index is 13.4. The quantitative estimate of drug-likeness (QED) is 0.199. The number of carbonyl (C=O) groups is 5. The van der Waals surface area contributed by atoms with E-state index in [4.69, 9.17) is 52.1 Å². The predicted octanol–water partition coefficient (Wildman–Crippen LogP) is -1.18. The van der Waals surface area contributed by atoms with Gasteiger partial charge in [0, 0.05) is 27.9 Å². The van der Waals surface area contributed by atoms with Crippen LogP contribution < -0.4 is 5.32 Å². The van der Waals surface area contributed by atoms with Gasteiger partial charge in [0.2, 0.25) is 0 Å². The number of hydrogen-bond donors (Lipinski definition) is 2. The van der Waals surface area contributed by atoms with Gasteiger partial charge in [-0.1, -0.05) is 0 Å². The highest BCUT2D eigenvalue weighted by molar-refractivity contribution is 5.79. The van der Waals surface area contributed by atoms with Gasteiger partial charge in [-0.05, 0) is 13.8 Å². The van der Waals surface area contributed by atoms with Crippen molar-refractivity contribution >= 4 is 30.0 Å². The van der Waals surface area contributed by atoms with Gasteiger partial charge in [0.05, 0.1) is 26.2 Å². The van der Waals surface area contributed by atoms with Crippen LogP contribution in [0.5, 0.6) is 0 Å². The second kappa shape index (κ2) is 13.7. The van der Waals surface area contributed by atoms with E-state index in [9.17, 15) is 29.1 Å². The summed E-state index contributed by atoms with van der Waals surface area (Å²) >= 11 is 0. The molecule has 4 fully saturated rings. The number of aliphatic hydroxyl groups excluding tert-OH is 1. The first kappa shape index (κ1) is 34.7. The number of methoxy groups -OCH3 is 2. The highest BCUT2D eigenvalue weighted by Crippen LogP contribution is 2.41. The van der Waals surface area contributed by atoms with Crippen LogP contribution in [0.25, 0.3) is 0 Å². The van der Waals surface area contributed by atoms with Gasteiger partial charge in [0.25, 0.3) is 5.79 Å². The number of amides is 1. The van der Waals surface area contributed by atoms with E-state index in [1.165, 1.54) is 7.11 Å². The monoisotopic (exact) mass is 649 g/mol. The molecule has 45 heavy (non-hydrogen) atoms. The average Bonchev–Trinajstić information content (AvgIpc) is 3.50. The Morgan fingerprint density at radius 3 is 2.27 bits per heavy atom. The van der Waals surface area contributed by atoms with E-state index in [-0.39, 0.29) is 0 Å². The number of carbonyl (C=O) groups excluding carboxylic acids is 5. The lowest BCUT2D eigenvalue weighted by molar-refractivity contribution is -0.328. The van der Waals surface area contributed by atoms with Crippen LogP contribution in [0, 0.1) is 0 Å². The smallest absolute Gasteiger partial charge is 0.407 e. The first-order valence-corrected chi connectivity index (χ1v) is 14.2. The zero-order valence-electron chi connectivity index (χ0n) is 25.9. The van der Waals surface area contributed by atoms with Crippen molar-refractivity contribution in [2.45, 2.75) is 114 Å². The molecule has 4 saturated heterocycles. The number of ether oxygens (including phenoxy) is 11. The summed E-state index contributed by atoms with van der Waals surface area (Å²) in [6, 6.07) is -1.06. The topological polar surface area (TPSA) is 219 Å². The van der Waals surface area contributed by atoms with Crippen LogP contribution >= 0.6 is 0 Å². The molecule has 0 radical (unpaired) electrons. The molecule has 0 bridgehead atoms. The van der Waals surface area contributed by atoms with Gasteiger partial charge in [0.15, 0.2) is 24.3 Å². The Morgan fingerprint density at radius 1 is 1.00 bits per heavy atom. The van der Waals surface area contributed by atoms with E-state index in [0.29, 0.717) is 0 Å². The van der Waals surface area contributed by atoms with Gasteiger partial charge >= 0.3 is 30.0 Å². The average molecular weight is 650 g/mol. The van der Waals surface area contributed by atoms with Crippen LogP contribution in [0.4, 0.5) is 4.79 Å². The Labute approximate surface area is 258 Å². The lowest BCUT2D eigenvalue weighted by atomic mass is 9.89. The minimum absolute atomic E-state index is 0.394. The first-order valence-electron chi connectivity index (χ1n) is 14.2. The van der Waals surface area contributed by atoms with Crippen LogP contribution in [0.1, 0.15) is 41.0 Å². The van der Waals surface area contributed by atoms with Crippen LogP contribution in [0.3, 0.4) is 0 Å². The van der Waals surface area contributed by atoms with E-state index < -0.39 is 122 Å². The molecule has 0 aliphatic carbocycles. The molecule has 18 nitrogen and oxygen atoms in total. The molecule has 0 saturated carbocycles. The maximum Gasteiger partial charge on any atom is 0.407 e. The molecule has 1 amide bonds. The van der Waals surface area contributed by atoms with Gasteiger partial charge in [-0.25, -0.2) is 9.59 Å². The van der Waals surface area contributed by atoms with Crippen LogP contribution in [0.15, 0.2) is 0 Å². The fourth-order valence-corrected chi connectivity index (χ4v) is 5.81. The maximum atomic E-state index is 13.4. The molecule has 4 rings (SSSR count). The summed E-state index contributed by atoms with van der Waals surface area (Å²) in [4.78, 5) is 61.7. The molecule has 2 N–H and O–H groups in total. The first-order chi connectivity index (χ1) is 21.1. The molecule has 11 atom stereocenters. The summed E-state index contributed by atoms with van der Waals surface area (Å²) < 4.78 is 61.6. The third kappa shape index (κ3) is 7.65. The van der Waals surface area contributed by atoms with Crippen molar-refractivity contribution in [3.8, 4) is 0 Å². The Balaban J connectivity index is 1.69. The number of aliphatic hydroxyl groups is 1. The van der Waals surface area contributed by atoms with E-state index in [0.717, 1.165) is 27.9 Å². The van der Waals surface area contributed by atoms with E-state index in [1.54, 1.807) is 13.8 Å². The van der Waals surface area contributed by atoms with Crippen molar-refractivity contribution in [1.29, 1.82) is 0 Å². The van der Waals surface area contributed by atoms with Crippen molar-refractivity contribution in [1.82, 2.24) is 5.32 Å². The minimum atomic E-state index is -2.32. The second-order valence-corrected chi connectivity index (χ2v) is 11.3. The SMILES string of the molecule is COC(=O)[C@]1(OC[C@H]2O[C@H](OC)[C@H](O)[C@H]3OC(C)(C)O[C@H]32)C[C@@H]2OC(=O)N[C@H]2[C@H]([C@H](OC(C)=O)[C@@H](COC(C)=O)OC(C)=O)O1. The summed E-state index contributed by atoms with van der Waals surface area (Å²) in [6.45, 7) is 5.57. The van der Waals surface area contributed by atoms with Crippen molar-refractivity contribution in [3.05, 3.63) is 0 Å². The number of rotatable bonds is 11. The van der Waals surface area contributed by atoms with Crippen molar-refractivity contribution in [3.63, 3.8) is 0 Å². The molecule has 0 aromatic carbocycles. The zero-order chi connectivity index (χ0) is 33.3. The highest BCUT2D eigenvalue weighted by atomic mass is 16.8. The molecule has 4 aliphatic rings. The van der Waals surface area contributed by atoms with Crippen molar-refractivity contribution in [2.24, 2.45) is 0 Å². The fourth-order valence-electron chi connectivity index (χ4n) is 5.81. The molecular formula is C27H39NO17. The van der Waals surface area contributed by atoms with Gasteiger partial charge in [-0.2, -0.15) is 0 Å². The van der Waals surface area contributed by atoms with Crippen molar-refractivity contribution in [2.75, 3.05) is 27.4 Å². The minimum Gasteiger partial charge on any atom is -0.465 e. The van der Waals surface area contributed by atoms with Gasteiger partial charge in [-0.15, -0.1) is 0 Å². The Kier molecular flexibility index (Phi) is 10.6. The molecule has 0 aromatic heterocycles. The molecular weight excluding hydrogens is 610 g/mol. The standard InChI is InChI=1S/C27H39NO17/c1-11(29)37-9-15(39-12(2)30)19(40-13(3)31)21-17-14(42-25(34)28-17)8-27(45-21,24(33)36-7)38-10-16-20-22(44-26(4,5)43-20)18(32)23(35-6)41-16/h14-23,32H,8-10H2,1-7H3,(H,28,34)/t14-,15+,16+,17+,18+,19+,20-,21+,22+,23-,27-/m0/s1. The summed E-state index contributed by atoms with van der Waals surface area (Å²) in [6.07, 6.45) is -12.0. The Morgan fingerprint density at radius 2 is 1.67 bits per heavy atom. The molecule has 18 heteroatoms. The van der Waals surface area contributed by atoms with Crippen LogP contribution in [0.2, 0.25) is 0 Å². The highest BCUT2D eigenvalue weighted by Gasteiger charge is 2.62. The Bertz CT molecular complexity index is 1150. The Hall–Kier alpha value is -3.13. The molecule has 0 spiro atoms. The zero-order valence-corrected chi connectivity index (χ0v) is 25.9. The van der Waals surface area contributed by atoms with Crippen LogP contribution in [-0.4, -0.2) is 135 Å². The summed E-state index contributed by atoms with van der Waals surface area (Å²) in [7, 11) is 2.40.